The second-order valence-corrected chi connectivity index (χ2v) is 3.38. The van der Waals surface area contributed by atoms with Crippen LogP contribution in [0.5, 0.6) is 0 Å². The van der Waals surface area contributed by atoms with Crippen LogP contribution in [0.25, 0.3) is 0 Å². The number of methoxy groups -OCH3 is 1. The number of allylic oxidation sites excluding steroid dienone is 1. The second-order valence-electron chi connectivity index (χ2n) is 2.22. The van der Waals surface area contributed by atoms with E-state index in [0.29, 0.717) is 3.58 Å². The highest BCUT2D eigenvalue weighted by Gasteiger charge is 2.10. The Kier molecular flexibility index (Phi) is 4.68. The largest absolute Gasteiger partial charge is 0.503 e. The molecule has 3 heteroatoms. The molecule has 0 rings (SSSR count). The van der Waals surface area contributed by atoms with Crippen LogP contribution < -0.4 is 0 Å². The first kappa shape index (κ1) is 9.94. The quantitative estimate of drug-likeness (QED) is 0.438. The lowest BCUT2D eigenvalue weighted by molar-refractivity contribution is -0.117. The molecule has 0 aromatic heterocycles. The third kappa shape index (κ3) is 3.20. The molecule has 58 valence electrons. The molecule has 0 saturated carbocycles. The molecule has 0 fully saturated rings. The summed E-state index contributed by atoms with van der Waals surface area (Å²) in [6.07, 6.45) is 1.46. The van der Waals surface area contributed by atoms with Crippen molar-refractivity contribution >= 4 is 28.4 Å². The first-order chi connectivity index (χ1) is 4.59. The van der Waals surface area contributed by atoms with Gasteiger partial charge in [0.1, 0.15) is 0 Å². The van der Waals surface area contributed by atoms with Crippen molar-refractivity contribution in [2.45, 2.75) is 13.8 Å². The van der Waals surface area contributed by atoms with Crippen molar-refractivity contribution in [2.75, 3.05) is 7.11 Å². The summed E-state index contributed by atoms with van der Waals surface area (Å²) in [6.45, 7) is 3.73. The maximum absolute atomic E-state index is 11.1. The van der Waals surface area contributed by atoms with Crippen LogP contribution in [0.1, 0.15) is 13.8 Å². The number of hydrogen-bond acceptors (Lipinski definition) is 2. The zero-order valence-corrected chi connectivity index (χ0v) is 8.51. The minimum absolute atomic E-state index is 0.0540. The number of Topliss-reactive ketones (excluding diaryl/α,β-unsaturated/α-hetero) is 1. The number of halogens is 1. The molecule has 0 heterocycles. The van der Waals surface area contributed by atoms with Gasteiger partial charge in [0.15, 0.2) is 5.78 Å². The third-order valence-corrected chi connectivity index (χ3v) is 1.77. The van der Waals surface area contributed by atoms with Crippen LogP contribution in [0.3, 0.4) is 0 Å². The van der Waals surface area contributed by atoms with E-state index in [1.165, 1.54) is 13.4 Å². The number of carbonyl (C=O) groups excluding carboxylic acids is 1. The lowest BCUT2D eigenvalue weighted by Crippen LogP contribution is -2.06. The van der Waals surface area contributed by atoms with Gasteiger partial charge in [-0.25, -0.2) is 0 Å². The van der Waals surface area contributed by atoms with Gasteiger partial charge in [0, 0.05) is 5.92 Å². The average Bonchev–Trinajstić information content (AvgIpc) is 1.87. The minimum Gasteiger partial charge on any atom is -0.503 e. The molecular formula is C7H11IO2. The molecule has 0 bridgehead atoms. The Balaban J connectivity index is 4.08. The van der Waals surface area contributed by atoms with E-state index in [1.807, 2.05) is 36.4 Å². The monoisotopic (exact) mass is 254 g/mol. The molecule has 0 unspecified atom stereocenters. The summed E-state index contributed by atoms with van der Waals surface area (Å²) in [6, 6.07) is 0. The number of ketones is 1. The third-order valence-electron chi connectivity index (χ3n) is 0.981. The zero-order chi connectivity index (χ0) is 8.15. The zero-order valence-electron chi connectivity index (χ0n) is 6.35. The van der Waals surface area contributed by atoms with Crippen molar-refractivity contribution in [1.29, 1.82) is 0 Å². The summed E-state index contributed by atoms with van der Waals surface area (Å²) in [5.74, 6) is 0.181. The minimum atomic E-state index is 0.0540. The van der Waals surface area contributed by atoms with Crippen LogP contribution in [0.2, 0.25) is 0 Å². The van der Waals surface area contributed by atoms with E-state index in [2.05, 4.69) is 4.74 Å². The highest BCUT2D eigenvalue weighted by Crippen LogP contribution is 2.12. The van der Waals surface area contributed by atoms with Crippen LogP contribution in [0, 0.1) is 5.92 Å². The standard InChI is InChI=1S/C7H11IO2/c1-5(2)7(9)6(8)4-10-3/h4-5H,1-3H3/b6-4-. The smallest absolute Gasteiger partial charge is 0.174 e. The SMILES string of the molecule is CO/C=C(\I)C(=O)C(C)C. The fourth-order valence-electron chi connectivity index (χ4n) is 0.437. The van der Waals surface area contributed by atoms with E-state index >= 15 is 0 Å². The van der Waals surface area contributed by atoms with Crippen molar-refractivity contribution in [1.82, 2.24) is 0 Å². The van der Waals surface area contributed by atoms with Crippen molar-refractivity contribution in [2.24, 2.45) is 5.92 Å². The molecule has 0 aliphatic rings. The van der Waals surface area contributed by atoms with Gasteiger partial charge in [0.05, 0.1) is 17.0 Å². The van der Waals surface area contributed by atoms with Crippen LogP contribution >= 0.6 is 22.6 Å². The molecule has 0 amide bonds. The van der Waals surface area contributed by atoms with Crippen molar-refractivity contribution < 1.29 is 9.53 Å². The van der Waals surface area contributed by atoms with Crippen LogP contribution in [0.15, 0.2) is 9.84 Å². The van der Waals surface area contributed by atoms with Crippen LogP contribution in [-0.4, -0.2) is 12.9 Å². The summed E-state index contributed by atoms with van der Waals surface area (Å²) in [7, 11) is 1.53. The number of carbonyl (C=O) groups is 1. The van der Waals surface area contributed by atoms with Crippen molar-refractivity contribution in [3.63, 3.8) is 0 Å². The molecule has 0 saturated heterocycles. The second kappa shape index (κ2) is 4.71. The summed E-state index contributed by atoms with van der Waals surface area (Å²) < 4.78 is 5.33. The molecule has 10 heavy (non-hydrogen) atoms. The molecule has 0 aromatic rings. The van der Waals surface area contributed by atoms with Crippen LogP contribution in [-0.2, 0) is 9.53 Å². The lowest BCUT2D eigenvalue weighted by atomic mass is 10.1. The Labute approximate surface area is 74.8 Å². The van der Waals surface area contributed by atoms with Gasteiger partial charge in [-0.3, -0.25) is 4.79 Å². The summed E-state index contributed by atoms with van der Waals surface area (Å²) in [5, 5.41) is 0. The van der Waals surface area contributed by atoms with E-state index in [9.17, 15) is 4.79 Å². The van der Waals surface area contributed by atoms with Crippen molar-refractivity contribution in [3.8, 4) is 0 Å². The molecule has 0 aromatic carbocycles. The first-order valence-electron chi connectivity index (χ1n) is 3.02. The average molecular weight is 254 g/mol. The number of ether oxygens (including phenoxy) is 1. The number of hydrogen-bond donors (Lipinski definition) is 0. The normalized spacial score (nSPS) is 11.9. The van der Waals surface area contributed by atoms with E-state index in [4.69, 9.17) is 0 Å². The molecule has 0 spiro atoms. The molecule has 2 nitrogen and oxygen atoms in total. The summed E-state index contributed by atoms with van der Waals surface area (Å²) >= 11 is 1.97. The van der Waals surface area contributed by atoms with Gasteiger partial charge < -0.3 is 4.74 Å². The number of rotatable bonds is 3. The molecule has 0 N–H and O–H groups in total. The molecule has 0 aliphatic carbocycles. The molecule has 0 radical (unpaired) electrons. The summed E-state index contributed by atoms with van der Waals surface area (Å²) in [4.78, 5) is 11.1. The fourth-order valence-corrected chi connectivity index (χ4v) is 1.31. The van der Waals surface area contributed by atoms with E-state index < -0.39 is 0 Å². The van der Waals surface area contributed by atoms with Gasteiger partial charge in [-0.1, -0.05) is 13.8 Å². The Hall–Kier alpha value is -0.0600. The predicted molar refractivity (Wildman–Crippen MR) is 49.0 cm³/mol. The molecule has 0 atom stereocenters. The van der Waals surface area contributed by atoms with Gasteiger partial charge in [-0.15, -0.1) is 0 Å². The van der Waals surface area contributed by atoms with Crippen LogP contribution in [0.4, 0.5) is 0 Å². The Morgan fingerprint density at radius 3 is 2.40 bits per heavy atom. The maximum atomic E-state index is 11.1. The molecule has 0 aliphatic heterocycles. The van der Waals surface area contributed by atoms with E-state index in [0.717, 1.165) is 0 Å². The Bertz CT molecular complexity index is 150. The highest BCUT2D eigenvalue weighted by atomic mass is 127. The maximum Gasteiger partial charge on any atom is 0.174 e. The highest BCUT2D eigenvalue weighted by molar-refractivity contribution is 14.1. The Morgan fingerprint density at radius 2 is 2.10 bits per heavy atom. The molecular weight excluding hydrogens is 243 g/mol. The lowest BCUT2D eigenvalue weighted by Gasteiger charge is -2.00. The topological polar surface area (TPSA) is 26.3 Å². The summed E-state index contributed by atoms with van der Waals surface area (Å²) in [5.41, 5.74) is 0. The van der Waals surface area contributed by atoms with Crippen molar-refractivity contribution in [3.05, 3.63) is 9.84 Å². The van der Waals surface area contributed by atoms with Gasteiger partial charge in [0.2, 0.25) is 0 Å². The van der Waals surface area contributed by atoms with Gasteiger partial charge in [-0.2, -0.15) is 0 Å². The van der Waals surface area contributed by atoms with E-state index in [1.54, 1.807) is 0 Å². The Morgan fingerprint density at radius 1 is 1.60 bits per heavy atom. The predicted octanol–water partition coefficient (Wildman–Crippen LogP) is 2.13. The van der Waals surface area contributed by atoms with Gasteiger partial charge in [-0.05, 0) is 22.6 Å². The fraction of sp³-hybridized carbons (Fsp3) is 0.571. The van der Waals surface area contributed by atoms with E-state index in [-0.39, 0.29) is 11.7 Å². The van der Waals surface area contributed by atoms with Gasteiger partial charge >= 0.3 is 0 Å². The first-order valence-corrected chi connectivity index (χ1v) is 4.10. The van der Waals surface area contributed by atoms with Gasteiger partial charge in [0.25, 0.3) is 0 Å².